The highest BCUT2D eigenvalue weighted by molar-refractivity contribution is 9.10. The average molecular weight is 358 g/mol. The number of nitrogens with two attached hydrogens (primary N) is 1. The predicted molar refractivity (Wildman–Crippen MR) is 81.1 cm³/mol. The molecule has 3 N–H and O–H groups in total. The summed E-state index contributed by atoms with van der Waals surface area (Å²) in [6.07, 6.45) is 0. The van der Waals surface area contributed by atoms with E-state index in [1.807, 2.05) is 0 Å². The van der Waals surface area contributed by atoms with Gasteiger partial charge in [0, 0.05) is 16.7 Å². The predicted octanol–water partition coefficient (Wildman–Crippen LogP) is 3.75. The third kappa shape index (κ3) is 3.49. The molecule has 2 aromatic carbocycles. The van der Waals surface area contributed by atoms with E-state index in [0.29, 0.717) is 16.8 Å². The second kappa shape index (κ2) is 6.24. The van der Waals surface area contributed by atoms with Gasteiger partial charge in [-0.15, -0.1) is 0 Å². The van der Waals surface area contributed by atoms with E-state index < -0.39 is 5.82 Å². The number of anilines is 1. The Balaban J connectivity index is 2.06. The minimum absolute atomic E-state index is 0.0277. The number of nitrogens with one attached hydrogen (secondary N) is 1. The average Bonchev–Trinajstić information content (AvgIpc) is 2.40. The molecule has 0 heterocycles. The highest BCUT2D eigenvalue weighted by Gasteiger charge is 2.10. The SMILES string of the molecule is Nc1cc(Br)ccc1C(=O)NCc1ccc(F)c(Cl)c1. The van der Waals surface area contributed by atoms with Crippen molar-refractivity contribution in [3.05, 3.63) is 62.8 Å². The van der Waals surface area contributed by atoms with Crippen molar-refractivity contribution in [1.82, 2.24) is 5.32 Å². The first kappa shape index (κ1) is 14.8. The molecule has 104 valence electrons. The summed E-state index contributed by atoms with van der Waals surface area (Å²) in [5, 5.41) is 2.73. The van der Waals surface area contributed by atoms with Crippen LogP contribution in [-0.4, -0.2) is 5.91 Å². The summed E-state index contributed by atoms with van der Waals surface area (Å²) in [5.41, 5.74) is 7.26. The van der Waals surface area contributed by atoms with Gasteiger partial charge in [-0.3, -0.25) is 4.79 Å². The van der Waals surface area contributed by atoms with Crippen LogP contribution in [0, 0.1) is 5.82 Å². The first-order valence-electron chi connectivity index (χ1n) is 5.74. The van der Waals surface area contributed by atoms with E-state index in [1.54, 1.807) is 24.3 Å². The quantitative estimate of drug-likeness (QED) is 0.822. The number of carbonyl (C=O) groups is 1. The van der Waals surface area contributed by atoms with Crippen LogP contribution < -0.4 is 11.1 Å². The van der Waals surface area contributed by atoms with Crippen molar-refractivity contribution >= 4 is 39.1 Å². The molecule has 0 aliphatic heterocycles. The Hall–Kier alpha value is -1.59. The molecule has 3 nitrogen and oxygen atoms in total. The molecule has 0 unspecified atom stereocenters. The Morgan fingerprint density at radius 3 is 2.70 bits per heavy atom. The lowest BCUT2D eigenvalue weighted by Gasteiger charge is -2.08. The Kier molecular flexibility index (Phi) is 4.62. The first-order valence-corrected chi connectivity index (χ1v) is 6.91. The molecule has 0 fully saturated rings. The van der Waals surface area contributed by atoms with Crippen LogP contribution >= 0.6 is 27.5 Å². The van der Waals surface area contributed by atoms with Gasteiger partial charge in [-0.2, -0.15) is 0 Å². The molecular formula is C14H11BrClFN2O. The van der Waals surface area contributed by atoms with Crippen molar-refractivity contribution in [3.63, 3.8) is 0 Å². The summed E-state index contributed by atoms with van der Waals surface area (Å²) in [4.78, 5) is 12.0. The van der Waals surface area contributed by atoms with Gasteiger partial charge in [0.2, 0.25) is 0 Å². The van der Waals surface area contributed by atoms with Gasteiger partial charge in [0.25, 0.3) is 5.91 Å². The smallest absolute Gasteiger partial charge is 0.253 e. The normalized spacial score (nSPS) is 10.3. The minimum atomic E-state index is -0.487. The van der Waals surface area contributed by atoms with E-state index in [0.717, 1.165) is 4.47 Å². The number of hydrogen-bond acceptors (Lipinski definition) is 2. The van der Waals surface area contributed by atoms with Gasteiger partial charge in [-0.25, -0.2) is 4.39 Å². The molecule has 0 aliphatic rings. The van der Waals surface area contributed by atoms with Crippen molar-refractivity contribution in [2.24, 2.45) is 0 Å². The van der Waals surface area contributed by atoms with Gasteiger partial charge in [-0.05, 0) is 35.9 Å². The van der Waals surface area contributed by atoms with Crippen molar-refractivity contribution in [2.45, 2.75) is 6.54 Å². The molecule has 2 rings (SSSR count). The fourth-order valence-electron chi connectivity index (χ4n) is 1.67. The van der Waals surface area contributed by atoms with Crippen molar-refractivity contribution in [1.29, 1.82) is 0 Å². The molecule has 0 saturated heterocycles. The largest absolute Gasteiger partial charge is 0.398 e. The summed E-state index contributed by atoms with van der Waals surface area (Å²) < 4.78 is 13.8. The number of hydrogen-bond donors (Lipinski definition) is 2. The number of amides is 1. The number of carbonyl (C=O) groups excluding carboxylic acids is 1. The van der Waals surface area contributed by atoms with Crippen LogP contribution in [0.5, 0.6) is 0 Å². The van der Waals surface area contributed by atoms with Crippen molar-refractivity contribution in [2.75, 3.05) is 5.73 Å². The molecule has 0 aliphatic carbocycles. The zero-order valence-corrected chi connectivity index (χ0v) is 12.6. The Bertz CT molecular complexity index is 664. The van der Waals surface area contributed by atoms with Gasteiger partial charge in [0.15, 0.2) is 0 Å². The lowest BCUT2D eigenvalue weighted by molar-refractivity contribution is 0.0952. The van der Waals surface area contributed by atoms with Crippen molar-refractivity contribution in [3.8, 4) is 0 Å². The third-order valence-corrected chi connectivity index (χ3v) is 3.48. The third-order valence-electron chi connectivity index (χ3n) is 2.70. The Morgan fingerprint density at radius 1 is 1.30 bits per heavy atom. The molecule has 0 aromatic heterocycles. The van der Waals surface area contributed by atoms with Gasteiger partial charge >= 0.3 is 0 Å². The summed E-state index contributed by atoms with van der Waals surface area (Å²) in [5.74, 6) is -0.783. The maximum atomic E-state index is 13.0. The topological polar surface area (TPSA) is 55.1 Å². The molecule has 2 aromatic rings. The molecule has 0 saturated carbocycles. The zero-order chi connectivity index (χ0) is 14.7. The lowest BCUT2D eigenvalue weighted by Crippen LogP contribution is -2.23. The summed E-state index contributed by atoms with van der Waals surface area (Å²) >= 11 is 8.95. The second-order valence-electron chi connectivity index (χ2n) is 4.16. The molecule has 0 atom stereocenters. The summed E-state index contributed by atoms with van der Waals surface area (Å²) in [7, 11) is 0. The molecule has 0 spiro atoms. The lowest BCUT2D eigenvalue weighted by atomic mass is 10.1. The van der Waals surface area contributed by atoms with E-state index >= 15 is 0 Å². The van der Waals surface area contributed by atoms with E-state index in [4.69, 9.17) is 17.3 Å². The second-order valence-corrected chi connectivity index (χ2v) is 5.49. The fraction of sp³-hybridized carbons (Fsp3) is 0.0714. The molecule has 1 amide bonds. The molecule has 0 bridgehead atoms. The minimum Gasteiger partial charge on any atom is -0.398 e. The summed E-state index contributed by atoms with van der Waals surface area (Å²) in [6.45, 7) is 0.244. The van der Waals surface area contributed by atoms with Gasteiger partial charge in [0.05, 0.1) is 10.6 Å². The van der Waals surface area contributed by atoms with Crippen molar-refractivity contribution < 1.29 is 9.18 Å². The number of rotatable bonds is 3. The van der Waals surface area contributed by atoms with Gasteiger partial charge in [-0.1, -0.05) is 33.6 Å². The fourth-order valence-corrected chi connectivity index (χ4v) is 2.25. The zero-order valence-electron chi connectivity index (χ0n) is 10.3. The summed E-state index contributed by atoms with van der Waals surface area (Å²) in [6, 6.07) is 9.32. The van der Waals surface area contributed by atoms with E-state index in [-0.39, 0.29) is 17.5 Å². The maximum Gasteiger partial charge on any atom is 0.253 e. The molecular weight excluding hydrogens is 347 g/mol. The van der Waals surface area contributed by atoms with Crippen LogP contribution in [0.2, 0.25) is 5.02 Å². The van der Waals surface area contributed by atoms with E-state index in [9.17, 15) is 9.18 Å². The maximum absolute atomic E-state index is 13.0. The molecule has 20 heavy (non-hydrogen) atoms. The van der Waals surface area contributed by atoms with Crippen LogP contribution in [0.4, 0.5) is 10.1 Å². The number of benzene rings is 2. The number of nitrogen functional groups attached to an aromatic ring is 1. The van der Waals surface area contributed by atoms with Gasteiger partial charge < -0.3 is 11.1 Å². The standard InChI is InChI=1S/C14H11BrClFN2O/c15-9-2-3-10(13(18)6-9)14(20)19-7-8-1-4-12(17)11(16)5-8/h1-6H,7,18H2,(H,19,20). The van der Waals surface area contributed by atoms with Crippen LogP contribution in [0.1, 0.15) is 15.9 Å². The highest BCUT2D eigenvalue weighted by Crippen LogP contribution is 2.19. The monoisotopic (exact) mass is 356 g/mol. The van der Waals surface area contributed by atoms with Gasteiger partial charge in [0.1, 0.15) is 5.82 Å². The van der Waals surface area contributed by atoms with Crippen LogP contribution in [0.3, 0.4) is 0 Å². The van der Waals surface area contributed by atoms with E-state index in [2.05, 4.69) is 21.2 Å². The van der Waals surface area contributed by atoms with E-state index in [1.165, 1.54) is 12.1 Å². The Labute approximate surface area is 129 Å². The number of halogens is 3. The molecule has 6 heteroatoms. The first-order chi connectivity index (χ1) is 9.47. The van der Waals surface area contributed by atoms with Crippen LogP contribution in [0.15, 0.2) is 40.9 Å². The Morgan fingerprint density at radius 2 is 2.05 bits per heavy atom. The van der Waals surface area contributed by atoms with Crippen LogP contribution in [0.25, 0.3) is 0 Å². The molecule has 0 radical (unpaired) electrons. The van der Waals surface area contributed by atoms with Crippen LogP contribution in [-0.2, 0) is 6.54 Å². The highest BCUT2D eigenvalue weighted by atomic mass is 79.9.